The second-order valence-corrected chi connectivity index (χ2v) is 7.64. The molecule has 2 aromatic rings. The molecule has 2 saturated heterocycles. The average Bonchev–Trinajstić information content (AvgIpc) is 3.43. The first-order valence-electron chi connectivity index (χ1n) is 10.6. The lowest BCUT2D eigenvalue weighted by Gasteiger charge is -2.34. The molecule has 0 aliphatic carbocycles. The number of ether oxygens (including phenoxy) is 1. The number of guanidine groups is 1. The van der Waals surface area contributed by atoms with Gasteiger partial charge < -0.3 is 19.9 Å². The zero-order chi connectivity index (χ0) is 20.1. The maximum absolute atomic E-state index is 5.98. The van der Waals surface area contributed by atoms with E-state index in [2.05, 4.69) is 44.3 Å². The summed E-state index contributed by atoms with van der Waals surface area (Å²) in [5, 5.41) is 7.72. The minimum Gasteiger partial charge on any atom is -0.370 e. The van der Waals surface area contributed by atoms with Crippen molar-refractivity contribution in [3.63, 3.8) is 0 Å². The second-order valence-electron chi connectivity index (χ2n) is 7.64. The van der Waals surface area contributed by atoms with Crippen LogP contribution in [0.5, 0.6) is 0 Å². The van der Waals surface area contributed by atoms with E-state index in [4.69, 9.17) is 9.73 Å². The van der Waals surface area contributed by atoms with Crippen LogP contribution in [-0.4, -0.2) is 65.0 Å². The van der Waals surface area contributed by atoms with E-state index in [-0.39, 0.29) is 6.10 Å². The first kappa shape index (κ1) is 19.7. The monoisotopic (exact) mass is 397 g/mol. The largest absolute Gasteiger partial charge is 0.370 e. The first-order valence-corrected chi connectivity index (χ1v) is 10.6. The first-order chi connectivity index (χ1) is 14.2. The molecule has 1 unspecified atom stereocenters. The summed E-state index contributed by atoms with van der Waals surface area (Å²) in [6, 6.07) is 4.24. The highest BCUT2D eigenvalue weighted by Gasteiger charge is 2.25. The molecule has 1 N–H and O–H groups in total. The lowest BCUT2D eigenvalue weighted by Crippen LogP contribution is -2.48. The minimum atomic E-state index is 0.0176. The molecule has 2 aromatic heterocycles. The third-order valence-corrected chi connectivity index (χ3v) is 5.45. The number of aliphatic imine (C=N–C) groups is 1. The Balaban J connectivity index is 1.45. The standard InChI is InChI=1S/C21H31N7O/c1-3-22-21(28-10-11-29-19(16-28)18-14-25-26(2)15-18)24-13-17-6-7-23-20(12-17)27-8-4-5-9-27/h6-7,12,14-15,19H,3-5,8-11,13,16H2,1-2H3,(H,22,24). The summed E-state index contributed by atoms with van der Waals surface area (Å²) in [5.74, 6) is 2.01. The summed E-state index contributed by atoms with van der Waals surface area (Å²) in [4.78, 5) is 14.1. The Morgan fingerprint density at radius 1 is 1.31 bits per heavy atom. The zero-order valence-electron chi connectivity index (χ0n) is 17.4. The predicted octanol–water partition coefficient (Wildman–Crippen LogP) is 1.95. The van der Waals surface area contributed by atoms with Crippen molar-refractivity contribution < 1.29 is 4.74 Å². The van der Waals surface area contributed by atoms with Gasteiger partial charge in [-0.1, -0.05) is 0 Å². The molecule has 0 amide bonds. The van der Waals surface area contributed by atoms with Crippen LogP contribution in [-0.2, 0) is 18.3 Å². The van der Waals surface area contributed by atoms with Gasteiger partial charge in [-0.05, 0) is 37.5 Å². The van der Waals surface area contributed by atoms with Gasteiger partial charge in [-0.2, -0.15) is 5.10 Å². The maximum Gasteiger partial charge on any atom is 0.194 e. The van der Waals surface area contributed by atoms with Gasteiger partial charge in [-0.3, -0.25) is 4.68 Å². The summed E-state index contributed by atoms with van der Waals surface area (Å²) in [7, 11) is 1.93. The van der Waals surface area contributed by atoms with Crippen LogP contribution in [0.4, 0.5) is 5.82 Å². The van der Waals surface area contributed by atoms with Gasteiger partial charge in [0.1, 0.15) is 11.9 Å². The van der Waals surface area contributed by atoms with Gasteiger partial charge in [0.15, 0.2) is 5.96 Å². The molecule has 1 atom stereocenters. The SMILES string of the molecule is CCNC(=NCc1ccnc(N2CCCC2)c1)N1CCOC(c2cnn(C)c2)C1. The number of hydrogen-bond acceptors (Lipinski definition) is 5. The second kappa shape index (κ2) is 9.26. The Hall–Kier alpha value is -2.61. The lowest BCUT2D eigenvalue weighted by molar-refractivity contribution is -0.00805. The summed E-state index contributed by atoms with van der Waals surface area (Å²) < 4.78 is 7.80. The van der Waals surface area contributed by atoms with Gasteiger partial charge in [0.2, 0.25) is 0 Å². The molecule has 0 saturated carbocycles. The van der Waals surface area contributed by atoms with Crippen LogP contribution in [0.1, 0.15) is 37.0 Å². The predicted molar refractivity (Wildman–Crippen MR) is 114 cm³/mol. The van der Waals surface area contributed by atoms with E-state index in [1.54, 1.807) is 0 Å². The summed E-state index contributed by atoms with van der Waals surface area (Å²) in [6.45, 7) is 8.07. The molecule has 156 valence electrons. The fourth-order valence-corrected chi connectivity index (χ4v) is 3.92. The number of aryl methyl sites for hydroxylation is 1. The molecular formula is C21H31N7O. The summed E-state index contributed by atoms with van der Waals surface area (Å²) >= 11 is 0. The minimum absolute atomic E-state index is 0.0176. The molecule has 2 fully saturated rings. The number of rotatable bonds is 5. The highest BCUT2D eigenvalue weighted by Crippen LogP contribution is 2.22. The number of aromatic nitrogens is 3. The van der Waals surface area contributed by atoms with E-state index in [0.717, 1.165) is 50.1 Å². The molecular weight excluding hydrogens is 366 g/mol. The third kappa shape index (κ3) is 4.87. The Morgan fingerprint density at radius 2 is 2.17 bits per heavy atom. The van der Waals surface area contributed by atoms with Crippen molar-refractivity contribution in [2.24, 2.45) is 12.0 Å². The van der Waals surface area contributed by atoms with Crippen molar-refractivity contribution in [3.05, 3.63) is 41.9 Å². The number of hydrogen-bond donors (Lipinski definition) is 1. The van der Waals surface area contributed by atoms with Crippen LogP contribution in [0.3, 0.4) is 0 Å². The molecule has 29 heavy (non-hydrogen) atoms. The van der Waals surface area contributed by atoms with Gasteiger partial charge >= 0.3 is 0 Å². The van der Waals surface area contributed by atoms with Crippen LogP contribution in [0, 0.1) is 0 Å². The Labute approximate surface area is 172 Å². The smallest absolute Gasteiger partial charge is 0.194 e. The van der Waals surface area contributed by atoms with Crippen molar-refractivity contribution in [1.29, 1.82) is 0 Å². The lowest BCUT2D eigenvalue weighted by atomic mass is 10.1. The summed E-state index contributed by atoms with van der Waals surface area (Å²) in [5.41, 5.74) is 2.30. The van der Waals surface area contributed by atoms with Gasteiger partial charge in [0.25, 0.3) is 0 Å². The molecule has 0 spiro atoms. The van der Waals surface area contributed by atoms with E-state index >= 15 is 0 Å². The van der Waals surface area contributed by atoms with Gasteiger partial charge in [0.05, 0.1) is 25.9 Å². The van der Waals surface area contributed by atoms with Gasteiger partial charge in [-0.15, -0.1) is 0 Å². The van der Waals surface area contributed by atoms with E-state index < -0.39 is 0 Å². The molecule has 4 rings (SSSR count). The van der Waals surface area contributed by atoms with Crippen LogP contribution >= 0.6 is 0 Å². The Kier molecular flexibility index (Phi) is 6.29. The fraction of sp³-hybridized carbons (Fsp3) is 0.571. The molecule has 0 radical (unpaired) electrons. The van der Waals surface area contributed by atoms with E-state index in [1.807, 2.05) is 30.3 Å². The third-order valence-electron chi connectivity index (χ3n) is 5.45. The number of nitrogens with one attached hydrogen (secondary N) is 1. The summed E-state index contributed by atoms with van der Waals surface area (Å²) in [6.07, 6.45) is 8.33. The number of nitrogens with zero attached hydrogens (tertiary/aromatic N) is 6. The highest BCUT2D eigenvalue weighted by molar-refractivity contribution is 5.80. The maximum atomic E-state index is 5.98. The van der Waals surface area contributed by atoms with E-state index in [9.17, 15) is 0 Å². The molecule has 8 heteroatoms. The molecule has 0 bridgehead atoms. The number of anilines is 1. The highest BCUT2D eigenvalue weighted by atomic mass is 16.5. The van der Waals surface area contributed by atoms with Crippen LogP contribution in [0.15, 0.2) is 35.7 Å². The fourth-order valence-electron chi connectivity index (χ4n) is 3.92. The average molecular weight is 398 g/mol. The van der Waals surface area contributed by atoms with Crippen molar-refractivity contribution in [3.8, 4) is 0 Å². The van der Waals surface area contributed by atoms with Crippen molar-refractivity contribution in [1.82, 2.24) is 25.0 Å². The van der Waals surface area contributed by atoms with E-state index in [1.165, 1.54) is 18.4 Å². The van der Waals surface area contributed by atoms with Crippen LogP contribution in [0.2, 0.25) is 0 Å². The van der Waals surface area contributed by atoms with Gasteiger partial charge in [-0.25, -0.2) is 9.98 Å². The molecule has 2 aliphatic rings. The molecule has 4 heterocycles. The normalized spacial score (nSPS) is 20.3. The van der Waals surface area contributed by atoms with Crippen molar-refractivity contribution in [2.75, 3.05) is 44.2 Å². The molecule has 8 nitrogen and oxygen atoms in total. The number of pyridine rings is 1. The molecule has 0 aromatic carbocycles. The number of morpholine rings is 1. The Bertz CT molecular complexity index is 828. The molecule has 2 aliphatic heterocycles. The van der Waals surface area contributed by atoms with Crippen molar-refractivity contribution in [2.45, 2.75) is 32.4 Å². The topological polar surface area (TPSA) is 70.8 Å². The van der Waals surface area contributed by atoms with Crippen LogP contribution < -0.4 is 10.2 Å². The van der Waals surface area contributed by atoms with Gasteiger partial charge in [0, 0.05) is 51.2 Å². The quantitative estimate of drug-likeness (QED) is 0.614. The van der Waals surface area contributed by atoms with Crippen molar-refractivity contribution >= 4 is 11.8 Å². The van der Waals surface area contributed by atoms with E-state index in [0.29, 0.717) is 13.2 Å². The zero-order valence-corrected chi connectivity index (χ0v) is 17.4. The van der Waals surface area contributed by atoms with Crippen LogP contribution in [0.25, 0.3) is 0 Å². The Morgan fingerprint density at radius 3 is 2.93 bits per heavy atom.